The van der Waals surface area contributed by atoms with Crippen LogP contribution in [0.15, 0.2) is 36.4 Å². The van der Waals surface area contributed by atoms with Crippen LogP contribution in [0.25, 0.3) is 27.9 Å². The third kappa shape index (κ3) is 4.04. The van der Waals surface area contributed by atoms with E-state index < -0.39 is 0 Å². The van der Waals surface area contributed by atoms with E-state index in [1.54, 1.807) is 7.11 Å². The molecule has 4 heterocycles. The number of aliphatic hydroxyl groups is 1. The first-order valence-corrected chi connectivity index (χ1v) is 10.8. The fraction of sp³-hybridized carbons (Fsp3) is 0.375. The highest BCUT2D eigenvalue weighted by Crippen LogP contribution is 2.31. The Morgan fingerprint density at radius 2 is 1.91 bits per heavy atom. The van der Waals surface area contributed by atoms with E-state index in [2.05, 4.69) is 11.0 Å². The summed E-state index contributed by atoms with van der Waals surface area (Å²) in [4.78, 5) is 16.9. The lowest BCUT2D eigenvalue weighted by atomic mass is 10.1. The summed E-state index contributed by atoms with van der Waals surface area (Å²) in [5, 5.41) is 10.6. The van der Waals surface area contributed by atoms with Crippen molar-refractivity contribution in [2.75, 3.05) is 51.5 Å². The summed E-state index contributed by atoms with van der Waals surface area (Å²) < 4.78 is 16.3. The maximum atomic E-state index is 9.70. The van der Waals surface area contributed by atoms with Crippen LogP contribution in [0.4, 0.5) is 5.82 Å². The predicted octanol–water partition coefficient (Wildman–Crippen LogP) is 2.83. The highest BCUT2D eigenvalue weighted by molar-refractivity contribution is 5.90. The molecule has 1 saturated heterocycles. The molecule has 0 atom stereocenters. The number of anilines is 1. The normalized spacial score (nSPS) is 16.8. The number of rotatable bonds is 5. The number of aromatic nitrogens is 3. The second kappa shape index (κ2) is 9.20. The van der Waals surface area contributed by atoms with E-state index in [4.69, 9.17) is 29.2 Å². The molecule has 5 rings (SSSR count). The fourth-order valence-electron chi connectivity index (χ4n) is 4.11. The van der Waals surface area contributed by atoms with Gasteiger partial charge in [-0.1, -0.05) is 6.08 Å². The van der Waals surface area contributed by atoms with Crippen LogP contribution in [0.2, 0.25) is 0 Å². The van der Waals surface area contributed by atoms with E-state index in [0.29, 0.717) is 43.6 Å². The SMILES string of the molecule is COc1ccc(-c2ccc3c(N4CCOCC4)nc(C4=CCOCC4)nc3n2)cc1CO. The van der Waals surface area contributed by atoms with E-state index >= 15 is 0 Å². The Morgan fingerprint density at radius 1 is 1.03 bits per heavy atom. The molecule has 2 aromatic heterocycles. The first-order chi connectivity index (χ1) is 15.8. The molecule has 2 aliphatic heterocycles. The summed E-state index contributed by atoms with van der Waals surface area (Å²) in [6.07, 6.45) is 2.83. The molecule has 0 radical (unpaired) electrons. The molecule has 0 unspecified atom stereocenters. The van der Waals surface area contributed by atoms with Crippen LogP contribution >= 0.6 is 0 Å². The van der Waals surface area contributed by atoms with Crippen molar-refractivity contribution in [3.63, 3.8) is 0 Å². The zero-order valence-electron chi connectivity index (χ0n) is 18.1. The minimum atomic E-state index is -0.103. The van der Waals surface area contributed by atoms with Gasteiger partial charge in [0, 0.05) is 24.2 Å². The second-order valence-corrected chi connectivity index (χ2v) is 7.78. The Bertz CT molecular complexity index is 1160. The highest BCUT2D eigenvalue weighted by atomic mass is 16.5. The van der Waals surface area contributed by atoms with Gasteiger partial charge in [-0.25, -0.2) is 15.0 Å². The van der Waals surface area contributed by atoms with Gasteiger partial charge in [0.15, 0.2) is 11.5 Å². The molecule has 0 spiro atoms. The van der Waals surface area contributed by atoms with Gasteiger partial charge < -0.3 is 24.2 Å². The Kier molecular flexibility index (Phi) is 5.98. The van der Waals surface area contributed by atoms with Crippen LogP contribution < -0.4 is 9.64 Å². The molecule has 0 bridgehead atoms. The van der Waals surface area contributed by atoms with E-state index in [0.717, 1.165) is 53.1 Å². The number of nitrogens with zero attached hydrogens (tertiary/aromatic N) is 4. The number of fused-ring (bicyclic) bond motifs is 1. The van der Waals surface area contributed by atoms with Gasteiger partial charge in [-0.05, 0) is 42.3 Å². The Labute approximate surface area is 186 Å². The predicted molar refractivity (Wildman–Crippen MR) is 122 cm³/mol. The van der Waals surface area contributed by atoms with Crippen LogP contribution in [-0.2, 0) is 16.1 Å². The number of hydrogen-bond acceptors (Lipinski definition) is 8. The molecule has 0 aliphatic carbocycles. The van der Waals surface area contributed by atoms with Gasteiger partial charge in [0.25, 0.3) is 0 Å². The molecule has 32 heavy (non-hydrogen) atoms. The molecule has 2 aliphatic rings. The summed E-state index contributed by atoms with van der Waals surface area (Å²) in [7, 11) is 1.60. The van der Waals surface area contributed by atoms with Gasteiger partial charge in [-0.15, -0.1) is 0 Å². The highest BCUT2D eigenvalue weighted by Gasteiger charge is 2.20. The molecule has 3 aromatic rings. The summed E-state index contributed by atoms with van der Waals surface area (Å²) in [6.45, 7) is 4.07. The van der Waals surface area contributed by atoms with Gasteiger partial charge in [0.2, 0.25) is 0 Å². The number of morpholine rings is 1. The van der Waals surface area contributed by atoms with Crippen molar-refractivity contribution in [1.82, 2.24) is 15.0 Å². The summed E-state index contributed by atoms with van der Waals surface area (Å²) in [5.74, 6) is 2.26. The Hall–Kier alpha value is -3.07. The topological polar surface area (TPSA) is 89.8 Å². The van der Waals surface area contributed by atoms with Gasteiger partial charge in [0.05, 0.1) is 51.2 Å². The van der Waals surface area contributed by atoms with Crippen LogP contribution in [0.5, 0.6) is 5.75 Å². The van der Waals surface area contributed by atoms with Gasteiger partial charge in [0.1, 0.15) is 11.6 Å². The zero-order chi connectivity index (χ0) is 21.9. The summed E-state index contributed by atoms with van der Waals surface area (Å²) in [5.41, 5.74) is 4.15. The van der Waals surface area contributed by atoms with E-state index in [1.165, 1.54) is 0 Å². The lowest BCUT2D eigenvalue weighted by Gasteiger charge is -2.29. The van der Waals surface area contributed by atoms with E-state index in [1.807, 2.05) is 30.3 Å². The number of ether oxygens (including phenoxy) is 3. The van der Waals surface area contributed by atoms with Crippen LogP contribution in [0.3, 0.4) is 0 Å². The van der Waals surface area contributed by atoms with Crippen molar-refractivity contribution in [2.45, 2.75) is 13.0 Å². The average Bonchev–Trinajstić information content (AvgIpc) is 2.88. The Balaban J connectivity index is 1.63. The van der Waals surface area contributed by atoms with Gasteiger partial charge in [-0.3, -0.25) is 0 Å². The van der Waals surface area contributed by atoms with Crippen LogP contribution in [0, 0.1) is 0 Å². The average molecular weight is 434 g/mol. The maximum Gasteiger partial charge on any atom is 0.165 e. The van der Waals surface area contributed by atoms with Crippen molar-refractivity contribution in [3.05, 3.63) is 47.8 Å². The van der Waals surface area contributed by atoms with Crippen molar-refractivity contribution in [2.24, 2.45) is 0 Å². The third-order valence-electron chi connectivity index (χ3n) is 5.85. The van der Waals surface area contributed by atoms with Crippen molar-refractivity contribution in [1.29, 1.82) is 0 Å². The van der Waals surface area contributed by atoms with Crippen LogP contribution in [0.1, 0.15) is 17.8 Å². The Morgan fingerprint density at radius 3 is 2.66 bits per heavy atom. The molecule has 0 amide bonds. The molecular weight excluding hydrogens is 408 g/mol. The second-order valence-electron chi connectivity index (χ2n) is 7.78. The minimum Gasteiger partial charge on any atom is -0.496 e. The summed E-state index contributed by atoms with van der Waals surface area (Å²) in [6, 6.07) is 9.71. The lowest BCUT2D eigenvalue weighted by molar-refractivity contribution is 0.122. The first-order valence-electron chi connectivity index (χ1n) is 10.8. The molecule has 8 nitrogen and oxygen atoms in total. The minimum absolute atomic E-state index is 0.103. The molecule has 0 saturated carbocycles. The monoisotopic (exact) mass is 434 g/mol. The van der Waals surface area contributed by atoms with Crippen molar-refractivity contribution in [3.8, 4) is 17.0 Å². The molecule has 1 aromatic carbocycles. The molecule has 1 N–H and O–H groups in total. The van der Waals surface area contributed by atoms with Crippen LogP contribution in [-0.4, -0.2) is 66.7 Å². The maximum absolute atomic E-state index is 9.70. The number of pyridine rings is 1. The molecule has 8 heteroatoms. The molecular formula is C24H26N4O4. The quantitative estimate of drug-likeness (QED) is 0.656. The lowest BCUT2D eigenvalue weighted by Crippen LogP contribution is -2.37. The standard InChI is InChI=1S/C24H26N4O4/c1-30-21-5-2-17(14-18(21)15-29)20-4-3-19-23(25-20)26-22(16-6-10-31-11-7-16)27-24(19)28-8-12-32-13-9-28/h2-6,14,29H,7-13,15H2,1H3. The summed E-state index contributed by atoms with van der Waals surface area (Å²) >= 11 is 0. The molecule has 1 fully saturated rings. The third-order valence-corrected chi connectivity index (χ3v) is 5.85. The fourth-order valence-corrected chi connectivity index (χ4v) is 4.11. The van der Waals surface area contributed by atoms with Gasteiger partial charge >= 0.3 is 0 Å². The van der Waals surface area contributed by atoms with Crippen molar-refractivity contribution < 1.29 is 19.3 Å². The zero-order valence-corrected chi connectivity index (χ0v) is 18.1. The smallest absolute Gasteiger partial charge is 0.165 e. The largest absolute Gasteiger partial charge is 0.496 e. The first kappa shape index (κ1) is 20.8. The van der Waals surface area contributed by atoms with Crippen molar-refractivity contribution >= 4 is 22.4 Å². The number of methoxy groups -OCH3 is 1. The number of benzene rings is 1. The van der Waals surface area contributed by atoms with Gasteiger partial charge in [-0.2, -0.15) is 0 Å². The van der Waals surface area contributed by atoms with E-state index in [-0.39, 0.29) is 6.61 Å². The number of hydrogen-bond donors (Lipinski definition) is 1. The molecule has 166 valence electrons. The van der Waals surface area contributed by atoms with E-state index in [9.17, 15) is 5.11 Å². The number of aliphatic hydroxyl groups excluding tert-OH is 1.